The molecule has 1 radical (unpaired) electrons. The normalized spacial score (nSPS) is 8.36. The van der Waals surface area contributed by atoms with Crippen molar-refractivity contribution in [2.24, 2.45) is 0 Å². The predicted octanol–water partition coefficient (Wildman–Crippen LogP) is -0.141. The van der Waals surface area contributed by atoms with E-state index in [4.69, 9.17) is 10.3 Å². The summed E-state index contributed by atoms with van der Waals surface area (Å²) in [5.41, 5.74) is 0.393. The Morgan fingerprint density at radius 1 is 1.64 bits per heavy atom. The van der Waals surface area contributed by atoms with Crippen molar-refractivity contribution < 1.29 is 9.68 Å². The molecule has 0 bridgehead atoms. The molecular formula is C6H4BN2O2. The van der Waals surface area contributed by atoms with Crippen molar-refractivity contribution in [1.82, 2.24) is 4.98 Å². The largest absolute Gasteiger partial charge is 0.569 e. The van der Waals surface area contributed by atoms with E-state index in [1.165, 1.54) is 18.5 Å². The van der Waals surface area contributed by atoms with Crippen molar-refractivity contribution in [3.05, 3.63) is 24.0 Å². The third kappa shape index (κ3) is 1.95. The first-order chi connectivity index (χ1) is 5.36. The number of nitriles is 1. The maximum Gasteiger partial charge on any atom is 0.569 e. The molecule has 1 heterocycles. The minimum absolute atomic E-state index is 0.339. The number of pyridine rings is 1. The molecule has 1 N–H and O–H groups in total. The molecular weight excluding hydrogens is 143 g/mol. The second-order valence-corrected chi connectivity index (χ2v) is 1.74. The van der Waals surface area contributed by atoms with Gasteiger partial charge in [-0.05, 0) is 6.07 Å². The lowest BCUT2D eigenvalue weighted by Crippen LogP contribution is -2.00. The molecule has 1 rings (SSSR count). The zero-order chi connectivity index (χ0) is 8.10. The van der Waals surface area contributed by atoms with Crippen LogP contribution in [-0.4, -0.2) is 17.7 Å². The van der Waals surface area contributed by atoms with E-state index in [2.05, 4.69) is 9.64 Å². The van der Waals surface area contributed by atoms with Gasteiger partial charge in [0.15, 0.2) is 0 Å². The van der Waals surface area contributed by atoms with Crippen LogP contribution in [0.4, 0.5) is 0 Å². The fourth-order valence-corrected chi connectivity index (χ4v) is 0.605. The Kier molecular flexibility index (Phi) is 2.47. The van der Waals surface area contributed by atoms with Crippen LogP contribution in [0.15, 0.2) is 18.5 Å². The third-order valence-corrected chi connectivity index (χ3v) is 1.03. The summed E-state index contributed by atoms with van der Waals surface area (Å²) < 4.78 is 4.57. The van der Waals surface area contributed by atoms with E-state index < -0.39 is 0 Å². The number of hydrogen-bond acceptors (Lipinski definition) is 4. The van der Waals surface area contributed by atoms with Gasteiger partial charge in [-0.15, -0.1) is 0 Å². The Labute approximate surface area is 64.4 Å². The molecule has 0 atom stereocenters. The summed E-state index contributed by atoms with van der Waals surface area (Å²) in [5, 5.41) is 16.6. The van der Waals surface area contributed by atoms with Crippen LogP contribution >= 0.6 is 0 Å². The molecule has 0 amide bonds. The van der Waals surface area contributed by atoms with Crippen LogP contribution in [-0.2, 0) is 0 Å². The van der Waals surface area contributed by atoms with Crippen molar-refractivity contribution in [2.45, 2.75) is 0 Å². The summed E-state index contributed by atoms with van der Waals surface area (Å²) in [6, 6.07) is 3.36. The van der Waals surface area contributed by atoms with Gasteiger partial charge >= 0.3 is 7.69 Å². The maximum absolute atomic E-state index is 8.41. The molecule has 0 aliphatic heterocycles. The Morgan fingerprint density at radius 2 is 2.45 bits per heavy atom. The minimum atomic E-state index is 0.339. The summed E-state index contributed by atoms with van der Waals surface area (Å²) in [7, 11) is 0.540. The summed E-state index contributed by atoms with van der Waals surface area (Å²) in [6.07, 6.45) is 2.80. The monoisotopic (exact) mass is 147 g/mol. The van der Waals surface area contributed by atoms with E-state index in [-0.39, 0.29) is 0 Å². The molecule has 0 saturated heterocycles. The molecule has 4 nitrogen and oxygen atoms in total. The van der Waals surface area contributed by atoms with Crippen LogP contribution in [0.3, 0.4) is 0 Å². The molecule has 11 heavy (non-hydrogen) atoms. The smallest absolute Gasteiger partial charge is 0.536 e. The zero-order valence-corrected chi connectivity index (χ0v) is 5.56. The van der Waals surface area contributed by atoms with Crippen LogP contribution < -0.4 is 4.65 Å². The quantitative estimate of drug-likeness (QED) is 0.591. The van der Waals surface area contributed by atoms with Crippen LogP contribution in [0, 0.1) is 11.3 Å². The second-order valence-electron chi connectivity index (χ2n) is 1.74. The van der Waals surface area contributed by atoms with Gasteiger partial charge in [-0.25, -0.2) is 0 Å². The summed E-state index contributed by atoms with van der Waals surface area (Å²) >= 11 is 0. The maximum atomic E-state index is 8.41. The molecule has 0 spiro atoms. The van der Waals surface area contributed by atoms with E-state index in [0.29, 0.717) is 19.0 Å². The molecule has 1 aromatic heterocycles. The topological polar surface area (TPSA) is 66.1 Å². The summed E-state index contributed by atoms with van der Waals surface area (Å²) in [4.78, 5) is 3.70. The van der Waals surface area contributed by atoms with Crippen LogP contribution in [0.5, 0.6) is 5.75 Å². The molecule has 0 unspecified atom stereocenters. The molecule has 1 aromatic rings. The van der Waals surface area contributed by atoms with Crippen molar-refractivity contribution in [3.63, 3.8) is 0 Å². The van der Waals surface area contributed by atoms with Crippen molar-refractivity contribution in [2.75, 3.05) is 0 Å². The van der Waals surface area contributed by atoms with Gasteiger partial charge in [-0.2, -0.15) is 5.26 Å². The lowest BCUT2D eigenvalue weighted by molar-refractivity contribution is 0.452. The van der Waals surface area contributed by atoms with Crippen molar-refractivity contribution in [3.8, 4) is 11.8 Å². The highest BCUT2D eigenvalue weighted by atomic mass is 16.5. The van der Waals surface area contributed by atoms with Crippen LogP contribution in [0.25, 0.3) is 0 Å². The van der Waals surface area contributed by atoms with E-state index in [1.807, 2.05) is 6.07 Å². The van der Waals surface area contributed by atoms with E-state index in [0.717, 1.165) is 0 Å². The lowest BCUT2D eigenvalue weighted by Gasteiger charge is -1.98. The summed E-state index contributed by atoms with van der Waals surface area (Å²) in [5.74, 6) is 0.339. The average Bonchev–Trinajstić information content (AvgIpc) is 2.06. The Morgan fingerprint density at radius 3 is 3.09 bits per heavy atom. The highest BCUT2D eigenvalue weighted by molar-refractivity contribution is 6.17. The molecule has 53 valence electrons. The van der Waals surface area contributed by atoms with Gasteiger partial charge in [-0.3, -0.25) is 4.98 Å². The first-order valence-corrected chi connectivity index (χ1v) is 2.84. The van der Waals surface area contributed by atoms with E-state index >= 15 is 0 Å². The van der Waals surface area contributed by atoms with Gasteiger partial charge in [0.05, 0.1) is 11.8 Å². The van der Waals surface area contributed by atoms with Crippen LogP contribution in [0.1, 0.15) is 5.56 Å². The van der Waals surface area contributed by atoms with E-state index in [9.17, 15) is 0 Å². The molecule has 0 aromatic carbocycles. The Hall–Kier alpha value is -1.54. The molecule has 0 fully saturated rings. The summed E-state index contributed by atoms with van der Waals surface area (Å²) in [6.45, 7) is 0. The first kappa shape index (κ1) is 7.57. The third-order valence-electron chi connectivity index (χ3n) is 1.03. The molecule has 0 saturated carbocycles. The van der Waals surface area contributed by atoms with E-state index in [1.54, 1.807) is 0 Å². The fraction of sp³-hybridized carbons (Fsp3) is 0. The number of nitrogens with zero attached hydrogens (tertiary/aromatic N) is 2. The number of rotatable bonds is 2. The minimum Gasteiger partial charge on any atom is -0.536 e. The average molecular weight is 147 g/mol. The highest BCUT2D eigenvalue weighted by Gasteiger charge is 1.95. The van der Waals surface area contributed by atoms with Gasteiger partial charge in [-0.1, -0.05) is 0 Å². The van der Waals surface area contributed by atoms with Gasteiger partial charge < -0.3 is 9.68 Å². The SMILES string of the molecule is N#Cc1cncc(O[B]O)c1. The van der Waals surface area contributed by atoms with Crippen molar-refractivity contribution >= 4 is 7.69 Å². The molecule has 0 aliphatic rings. The molecule has 5 heteroatoms. The van der Waals surface area contributed by atoms with Gasteiger partial charge in [0.2, 0.25) is 0 Å². The fourth-order valence-electron chi connectivity index (χ4n) is 0.605. The lowest BCUT2D eigenvalue weighted by atomic mass is 10.3. The number of hydrogen-bond donors (Lipinski definition) is 1. The van der Waals surface area contributed by atoms with Gasteiger partial charge in [0.25, 0.3) is 0 Å². The number of aromatic nitrogens is 1. The first-order valence-electron chi connectivity index (χ1n) is 2.84. The van der Waals surface area contributed by atoms with Crippen molar-refractivity contribution in [1.29, 1.82) is 5.26 Å². The standard InChI is InChI=1S/C6H4BN2O2/c8-2-5-1-6(11-7-10)4-9-3-5/h1,3-4,10H. The van der Waals surface area contributed by atoms with Gasteiger partial charge in [0, 0.05) is 6.20 Å². The van der Waals surface area contributed by atoms with Gasteiger partial charge in [0.1, 0.15) is 11.8 Å². The molecule has 0 aliphatic carbocycles. The zero-order valence-electron chi connectivity index (χ0n) is 5.56. The second kappa shape index (κ2) is 3.59. The van der Waals surface area contributed by atoms with Crippen LogP contribution in [0.2, 0.25) is 0 Å². The highest BCUT2D eigenvalue weighted by Crippen LogP contribution is 2.08. The predicted molar refractivity (Wildman–Crippen MR) is 37.6 cm³/mol. The Bertz CT molecular complexity index is 284. The Balaban J connectivity index is 2.85.